The molecular formula is C11H14O. The van der Waals surface area contributed by atoms with E-state index in [0.29, 0.717) is 5.92 Å². The summed E-state index contributed by atoms with van der Waals surface area (Å²) in [6.07, 6.45) is 1.15. The van der Waals surface area contributed by atoms with Crippen molar-refractivity contribution in [2.24, 2.45) is 0 Å². The number of hydrogen-bond acceptors (Lipinski definition) is 1. The van der Waals surface area contributed by atoms with E-state index in [9.17, 15) is 0 Å². The van der Waals surface area contributed by atoms with E-state index in [1.165, 1.54) is 11.1 Å². The molecular weight excluding hydrogens is 148 g/mol. The Morgan fingerprint density at radius 2 is 2.25 bits per heavy atom. The van der Waals surface area contributed by atoms with Gasteiger partial charge in [-0.2, -0.15) is 0 Å². The zero-order chi connectivity index (χ0) is 8.55. The minimum atomic E-state index is 0.661. The Labute approximate surface area is 73.4 Å². The Bertz CT molecular complexity index is 291. The third-order valence-corrected chi connectivity index (χ3v) is 2.51. The maximum Gasteiger partial charge on any atom is 0.123 e. The molecule has 1 atom stereocenters. The van der Waals surface area contributed by atoms with Gasteiger partial charge in [0, 0.05) is 0 Å². The van der Waals surface area contributed by atoms with Crippen LogP contribution in [0.3, 0.4) is 0 Å². The van der Waals surface area contributed by atoms with Crippen LogP contribution in [-0.4, -0.2) is 6.61 Å². The molecule has 0 spiro atoms. The second-order valence-corrected chi connectivity index (χ2v) is 3.58. The van der Waals surface area contributed by atoms with Crippen molar-refractivity contribution in [3.63, 3.8) is 0 Å². The summed E-state index contributed by atoms with van der Waals surface area (Å²) in [5.74, 6) is 1.75. The van der Waals surface area contributed by atoms with Crippen molar-refractivity contribution in [3.8, 4) is 5.75 Å². The van der Waals surface area contributed by atoms with Crippen LogP contribution in [0.1, 0.15) is 30.4 Å². The molecule has 1 nitrogen and oxygen atoms in total. The van der Waals surface area contributed by atoms with Crippen molar-refractivity contribution in [3.05, 3.63) is 29.3 Å². The lowest BCUT2D eigenvalue weighted by Crippen LogP contribution is -2.11. The van der Waals surface area contributed by atoms with Crippen LogP contribution in [0.15, 0.2) is 18.2 Å². The van der Waals surface area contributed by atoms with Gasteiger partial charge in [0.1, 0.15) is 5.75 Å². The molecule has 1 heterocycles. The molecule has 0 bridgehead atoms. The lowest BCUT2D eigenvalue weighted by Gasteiger charge is -2.23. The summed E-state index contributed by atoms with van der Waals surface area (Å²) in [5, 5.41) is 0. The van der Waals surface area contributed by atoms with Gasteiger partial charge in [-0.1, -0.05) is 19.1 Å². The summed E-state index contributed by atoms with van der Waals surface area (Å²) in [6, 6.07) is 6.48. The number of aryl methyl sites for hydroxylation is 1. The first kappa shape index (κ1) is 7.66. The highest BCUT2D eigenvalue weighted by atomic mass is 16.5. The summed E-state index contributed by atoms with van der Waals surface area (Å²) >= 11 is 0. The minimum absolute atomic E-state index is 0.661. The largest absolute Gasteiger partial charge is 0.493 e. The molecule has 12 heavy (non-hydrogen) atoms. The SMILES string of the molecule is Cc1ccc2c(c1)OCCC2C. The number of hydrogen-bond donors (Lipinski definition) is 0. The van der Waals surface area contributed by atoms with Crippen molar-refractivity contribution in [1.82, 2.24) is 0 Å². The zero-order valence-electron chi connectivity index (χ0n) is 7.63. The summed E-state index contributed by atoms with van der Waals surface area (Å²) < 4.78 is 5.57. The van der Waals surface area contributed by atoms with E-state index in [4.69, 9.17) is 4.74 Å². The Kier molecular flexibility index (Phi) is 1.80. The van der Waals surface area contributed by atoms with E-state index in [1.807, 2.05) is 0 Å². The van der Waals surface area contributed by atoms with Gasteiger partial charge in [0.2, 0.25) is 0 Å². The lowest BCUT2D eigenvalue weighted by atomic mass is 9.94. The maximum atomic E-state index is 5.57. The second-order valence-electron chi connectivity index (χ2n) is 3.58. The fourth-order valence-electron chi connectivity index (χ4n) is 1.67. The molecule has 64 valence electrons. The third-order valence-electron chi connectivity index (χ3n) is 2.51. The number of benzene rings is 1. The standard InChI is InChI=1S/C11H14O/c1-8-3-4-10-9(2)5-6-12-11(10)7-8/h3-4,7,9H,5-6H2,1-2H3. The highest BCUT2D eigenvalue weighted by molar-refractivity contribution is 5.40. The highest BCUT2D eigenvalue weighted by Crippen LogP contribution is 2.33. The zero-order valence-corrected chi connectivity index (χ0v) is 7.63. The number of rotatable bonds is 0. The predicted molar refractivity (Wildman–Crippen MR) is 49.7 cm³/mol. The minimum Gasteiger partial charge on any atom is -0.493 e. The molecule has 1 unspecified atom stereocenters. The topological polar surface area (TPSA) is 9.23 Å². The van der Waals surface area contributed by atoms with E-state index < -0.39 is 0 Å². The molecule has 0 radical (unpaired) electrons. The van der Waals surface area contributed by atoms with Crippen molar-refractivity contribution < 1.29 is 4.74 Å². The molecule has 1 aromatic rings. The maximum absolute atomic E-state index is 5.57. The fraction of sp³-hybridized carbons (Fsp3) is 0.455. The van der Waals surface area contributed by atoms with Gasteiger partial charge in [-0.3, -0.25) is 0 Å². The molecule has 0 aliphatic carbocycles. The number of fused-ring (bicyclic) bond motifs is 1. The van der Waals surface area contributed by atoms with E-state index in [2.05, 4.69) is 32.0 Å². The molecule has 1 heteroatoms. The average Bonchev–Trinajstić information content (AvgIpc) is 2.04. The van der Waals surface area contributed by atoms with Gasteiger partial charge in [-0.15, -0.1) is 0 Å². The van der Waals surface area contributed by atoms with Gasteiger partial charge in [-0.25, -0.2) is 0 Å². The van der Waals surface area contributed by atoms with Crippen LogP contribution in [0.4, 0.5) is 0 Å². The molecule has 1 aliphatic rings. The molecule has 0 aromatic heterocycles. The quantitative estimate of drug-likeness (QED) is 0.570. The van der Waals surface area contributed by atoms with E-state index in [0.717, 1.165) is 18.8 Å². The van der Waals surface area contributed by atoms with Crippen LogP contribution >= 0.6 is 0 Å². The first-order valence-electron chi connectivity index (χ1n) is 4.51. The number of ether oxygens (including phenoxy) is 1. The fourth-order valence-corrected chi connectivity index (χ4v) is 1.67. The summed E-state index contributed by atoms with van der Waals surface area (Å²) in [6.45, 7) is 5.23. The molecule has 1 aliphatic heterocycles. The first-order valence-corrected chi connectivity index (χ1v) is 4.51. The van der Waals surface area contributed by atoms with E-state index >= 15 is 0 Å². The normalized spacial score (nSPS) is 21.3. The van der Waals surface area contributed by atoms with Gasteiger partial charge >= 0.3 is 0 Å². The van der Waals surface area contributed by atoms with Crippen molar-refractivity contribution in [2.45, 2.75) is 26.2 Å². The summed E-state index contributed by atoms with van der Waals surface area (Å²) in [7, 11) is 0. The van der Waals surface area contributed by atoms with Crippen molar-refractivity contribution in [2.75, 3.05) is 6.61 Å². The Morgan fingerprint density at radius 1 is 1.42 bits per heavy atom. The van der Waals surface area contributed by atoms with Gasteiger partial charge < -0.3 is 4.74 Å². The Balaban J connectivity index is 2.46. The van der Waals surface area contributed by atoms with Crippen LogP contribution in [0.25, 0.3) is 0 Å². The Hall–Kier alpha value is -0.980. The van der Waals surface area contributed by atoms with Gasteiger partial charge in [0.05, 0.1) is 6.61 Å². The molecule has 0 amide bonds. The van der Waals surface area contributed by atoms with E-state index in [1.54, 1.807) is 0 Å². The molecule has 0 saturated heterocycles. The first-order chi connectivity index (χ1) is 5.77. The molecule has 0 N–H and O–H groups in total. The van der Waals surface area contributed by atoms with Gasteiger partial charge in [0.15, 0.2) is 0 Å². The van der Waals surface area contributed by atoms with Crippen molar-refractivity contribution in [1.29, 1.82) is 0 Å². The molecule has 1 aromatic carbocycles. The van der Waals surface area contributed by atoms with E-state index in [-0.39, 0.29) is 0 Å². The highest BCUT2D eigenvalue weighted by Gasteiger charge is 2.16. The van der Waals surface area contributed by atoms with Crippen LogP contribution in [0.2, 0.25) is 0 Å². The summed E-state index contributed by atoms with van der Waals surface area (Å²) in [5.41, 5.74) is 2.65. The van der Waals surface area contributed by atoms with Crippen LogP contribution < -0.4 is 4.74 Å². The van der Waals surface area contributed by atoms with Crippen LogP contribution in [0.5, 0.6) is 5.75 Å². The predicted octanol–water partition coefficient (Wildman–Crippen LogP) is 2.88. The monoisotopic (exact) mass is 162 g/mol. The molecule has 2 rings (SSSR count). The second kappa shape index (κ2) is 2.81. The third kappa shape index (κ3) is 1.20. The molecule has 0 saturated carbocycles. The smallest absolute Gasteiger partial charge is 0.123 e. The summed E-state index contributed by atoms with van der Waals surface area (Å²) in [4.78, 5) is 0. The van der Waals surface area contributed by atoms with Gasteiger partial charge in [-0.05, 0) is 36.5 Å². The van der Waals surface area contributed by atoms with Crippen LogP contribution in [-0.2, 0) is 0 Å². The average molecular weight is 162 g/mol. The lowest BCUT2D eigenvalue weighted by molar-refractivity contribution is 0.272. The van der Waals surface area contributed by atoms with Gasteiger partial charge in [0.25, 0.3) is 0 Å². The molecule has 0 fully saturated rings. The van der Waals surface area contributed by atoms with Crippen LogP contribution in [0, 0.1) is 6.92 Å². The Morgan fingerprint density at radius 3 is 3.08 bits per heavy atom. The van der Waals surface area contributed by atoms with Crippen molar-refractivity contribution >= 4 is 0 Å².